The lowest BCUT2D eigenvalue weighted by atomic mass is 10.2. The molecule has 0 unspecified atom stereocenters. The molecule has 2 aromatic rings. The minimum atomic E-state index is -3.63. The number of hydrogen-bond donors (Lipinski definition) is 1. The summed E-state index contributed by atoms with van der Waals surface area (Å²) in [5.74, 6) is -0.525. The van der Waals surface area contributed by atoms with E-state index in [2.05, 4.69) is 26.5 Å². The number of sulfonamides is 1. The highest BCUT2D eigenvalue weighted by Gasteiger charge is 2.28. The van der Waals surface area contributed by atoms with Crippen LogP contribution in [0.1, 0.15) is 12.5 Å². The van der Waals surface area contributed by atoms with E-state index in [0.29, 0.717) is 5.69 Å². The molecule has 0 aliphatic rings. The third kappa shape index (κ3) is 5.40. The van der Waals surface area contributed by atoms with Crippen molar-refractivity contribution in [2.45, 2.75) is 13.0 Å². The van der Waals surface area contributed by atoms with Crippen LogP contribution in [0.25, 0.3) is 0 Å². The van der Waals surface area contributed by atoms with Crippen LogP contribution in [0.2, 0.25) is 0 Å². The first-order chi connectivity index (χ1) is 11.8. The van der Waals surface area contributed by atoms with Crippen LogP contribution in [-0.2, 0) is 14.8 Å². The summed E-state index contributed by atoms with van der Waals surface area (Å²) < 4.78 is 26.2. The lowest BCUT2D eigenvalue weighted by Gasteiger charge is -2.27. The fourth-order valence-electron chi connectivity index (χ4n) is 2.20. The largest absolute Gasteiger partial charge is 0.271 e. The zero-order valence-corrected chi connectivity index (χ0v) is 16.2. The molecule has 0 aliphatic heterocycles. The summed E-state index contributed by atoms with van der Waals surface area (Å²) in [6, 6.07) is 14.9. The normalized spacial score (nSPS) is 12.8. The molecular formula is C17H18BrN3O3S. The summed E-state index contributed by atoms with van der Waals surface area (Å²) >= 11 is 3.34. The van der Waals surface area contributed by atoms with Gasteiger partial charge in [-0.2, -0.15) is 5.10 Å². The Labute approximate surface area is 155 Å². The third-order valence-corrected chi connectivity index (χ3v) is 5.13. The topological polar surface area (TPSA) is 78.8 Å². The van der Waals surface area contributed by atoms with Crippen molar-refractivity contribution in [3.8, 4) is 0 Å². The molecule has 0 saturated heterocycles. The van der Waals surface area contributed by atoms with Crippen molar-refractivity contribution in [1.82, 2.24) is 5.43 Å². The maximum atomic E-state index is 12.3. The van der Waals surface area contributed by atoms with E-state index in [9.17, 15) is 13.2 Å². The Morgan fingerprint density at radius 2 is 1.76 bits per heavy atom. The van der Waals surface area contributed by atoms with E-state index in [-0.39, 0.29) is 0 Å². The Morgan fingerprint density at radius 3 is 2.32 bits per heavy atom. The second kappa shape index (κ2) is 8.26. The number of carbonyl (C=O) groups excluding carboxylic acids is 1. The van der Waals surface area contributed by atoms with Crippen molar-refractivity contribution < 1.29 is 13.2 Å². The fraction of sp³-hybridized carbons (Fsp3) is 0.176. The number of hydrogen-bond acceptors (Lipinski definition) is 4. The quantitative estimate of drug-likeness (QED) is 0.572. The van der Waals surface area contributed by atoms with Crippen molar-refractivity contribution in [3.63, 3.8) is 0 Å². The smallest absolute Gasteiger partial charge is 0.263 e. The molecule has 0 aromatic heterocycles. The first-order valence-electron chi connectivity index (χ1n) is 7.42. The summed E-state index contributed by atoms with van der Waals surface area (Å²) in [5.41, 5.74) is 3.61. The van der Waals surface area contributed by atoms with Gasteiger partial charge in [0.05, 0.1) is 18.2 Å². The predicted molar refractivity (Wildman–Crippen MR) is 103 cm³/mol. The minimum absolute atomic E-state index is 0.421. The van der Waals surface area contributed by atoms with Crippen LogP contribution >= 0.6 is 15.9 Å². The van der Waals surface area contributed by atoms with E-state index < -0.39 is 22.0 Å². The van der Waals surface area contributed by atoms with E-state index in [1.54, 1.807) is 30.3 Å². The highest BCUT2D eigenvalue weighted by molar-refractivity contribution is 9.10. The molecule has 1 amide bonds. The SMILES string of the molecule is C[C@H](C(=O)N/N=C\c1ccc(Br)cc1)N(c1ccccc1)S(C)(=O)=O. The summed E-state index contributed by atoms with van der Waals surface area (Å²) in [7, 11) is -3.63. The van der Waals surface area contributed by atoms with Crippen LogP contribution in [0.5, 0.6) is 0 Å². The van der Waals surface area contributed by atoms with Crippen LogP contribution in [-0.4, -0.2) is 32.8 Å². The lowest BCUT2D eigenvalue weighted by Crippen LogP contribution is -2.46. The van der Waals surface area contributed by atoms with E-state index in [1.807, 2.05) is 24.3 Å². The molecule has 1 N–H and O–H groups in total. The highest BCUT2D eigenvalue weighted by atomic mass is 79.9. The fourth-order valence-corrected chi connectivity index (χ4v) is 3.64. The standard InChI is InChI=1S/C17H18BrN3O3S/c1-13(21(25(2,23)24)16-6-4-3-5-7-16)17(22)20-19-12-14-8-10-15(18)11-9-14/h3-13H,1-2H3,(H,20,22)/b19-12-/t13-/m1/s1. The van der Waals surface area contributed by atoms with Gasteiger partial charge >= 0.3 is 0 Å². The van der Waals surface area contributed by atoms with Crippen LogP contribution in [0.4, 0.5) is 5.69 Å². The number of nitrogens with zero attached hydrogens (tertiary/aromatic N) is 2. The van der Waals surface area contributed by atoms with Gasteiger partial charge in [0.25, 0.3) is 5.91 Å². The van der Waals surface area contributed by atoms with Crippen molar-refractivity contribution in [2.24, 2.45) is 5.10 Å². The Hall–Kier alpha value is -2.19. The molecular weight excluding hydrogens is 406 g/mol. The van der Waals surface area contributed by atoms with Crippen molar-refractivity contribution in [3.05, 3.63) is 64.6 Å². The van der Waals surface area contributed by atoms with Crippen LogP contribution in [0.15, 0.2) is 64.2 Å². The van der Waals surface area contributed by atoms with Crippen LogP contribution in [0, 0.1) is 0 Å². The summed E-state index contributed by atoms with van der Waals surface area (Å²) in [6.07, 6.45) is 2.55. The molecule has 6 nitrogen and oxygen atoms in total. The molecule has 8 heteroatoms. The van der Waals surface area contributed by atoms with Gasteiger partial charge in [0.2, 0.25) is 10.0 Å². The number of hydrazone groups is 1. The summed E-state index contributed by atoms with van der Waals surface area (Å²) in [6.45, 7) is 1.51. The second-order valence-corrected chi connectivity index (χ2v) is 8.13. The van der Waals surface area contributed by atoms with E-state index in [0.717, 1.165) is 20.6 Å². The number of amides is 1. The first kappa shape index (κ1) is 19.1. The average molecular weight is 424 g/mol. The molecule has 0 saturated carbocycles. The molecule has 2 aromatic carbocycles. The molecule has 0 fully saturated rings. The number of benzene rings is 2. The number of rotatable bonds is 6. The maximum Gasteiger partial charge on any atom is 0.263 e. The lowest BCUT2D eigenvalue weighted by molar-refractivity contribution is -0.121. The zero-order chi connectivity index (χ0) is 18.4. The Balaban J connectivity index is 2.12. The van der Waals surface area contributed by atoms with E-state index in [1.165, 1.54) is 13.1 Å². The van der Waals surface area contributed by atoms with Crippen molar-refractivity contribution in [1.29, 1.82) is 0 Å². The van der Waals surface area contributed by atoms with Gasteiger partial charge in [0.1, 0.15) is 6.04 Å². The van der Waals surface area contributed by atoms with Gasteiger partial charge < -0.3 is 0 Å². The van der Waals surface area contributed by atoms with Crippen molar-refractivity contribution in [2.75, 3.05) is 10.6 Å². The molecule has 0 aliphatic carbocycles. The predicted octanol–water partition coefficient (Wildman–Crippen LogP) is 2.75. The van der Waals surface area contributed by atoms with Gasteiger partial charge in [-0.25, -0.2) is 13.8 Å². The van der Waals surface area contributed by atoms with Gasteiger partial charge in [0.15, 0.2) is 0 Å². The summed E-state index contributed by atoms with van der Waals surface area (Å²) in [4.78, 5) is 12.3. The Kier molecular flexibility index (Phi) is 6.33. The van der Waals surface area contributed by atoms with Gasteiger partial charge in [-0.15, -0.1) is 0 Å². The van der Waals surface area contributed by atoms with Gasteiger partial charge in [-0.1, -0.05) is 46.3 Å². The molecule has 0 radical (unpaired) electrons. The molecule has 0 spiro atoms. The van der Waals surface area contributed by atoms with Gasteiger partial charge in [0, 0.05) is 4.47 Å². The molecule has 25 heavy (non-hydrogen) atoms. The molecule has 132 valence electrons. The Bertz CT molecular complexity index is 852. The molecule has 2 rings (SSSR count). The molecule has 0 bridgehead atoms. The van der Waals surface area contributed by atoms with Crippen LogP contribution < -0.4 is 9.73 Å². The minimum Gasteiger partial charge on any atom is -0.271 e. The number of para-hydroxylation sites is 1. The van der Waals surface area contributed by atoms with Crippen molar-refractivity contribution >= 4 is 43.8 Å². The number of nitrogens with one attached hydrogen (secondary N) is 1. The van der Waals surface area contributed by atoms with Gasteiger partial charge in [-0.3, -0.25) is 9.10 Å². The monoisotopic (exact) mass is 423 g/mol. The average Bonchev–Trinajstić information content (AvgIpc) is 2.56. The number of carbonyl (C=O) groups is 1. The van der Waals surface area contributed by atoms with Gasteiger partial charge in [-0.05, 0) is 36.8 Å². The third-order valence-electron chi connectivity index (χ3n) is 3.36. The Morgan fingerprint density at radius 1 is 1.16 bits per heavy atom. The number of anilines is 1. The molecule has 0 heterocycles. The van der Waals surface area contributed by atoms with Crippen LogP contribution in [0.3, 0.4) is 0 Å². The van der Waals surface area contributed by atoms with E-state index in [4.69, 9.17) is 0 Å². The summed E-state index contributed by atoms with van der Waals surface area (Å²) in [5, 5.41) is 3.89. The first-order valence-corrected chi connectivity index (χ1v) is 10.1. The second-order valence-electron chi connectivity index (χ2n) is 5.36. The molecule has 1 atom stereocenters. The zero-order valence-electron chi connectivity index (χ0n) is 13.8. The highest BCUT2D eigenvalue weighted by Crippen LogP contribution is 2.20. The number of halogens is 1. The van der Waals surface area contributed by atoms with E-state index >= 15 is 0 Å². The maximum absolute atomic E-state index is 12.3.